The first-order valence-corrected chi connectivity index (χ1v) is 3.93. The topological polar surface area (TPSA) is 0 Å². The first kappa shape index (κ1) is 23.0. The monoisotopic (exact) mass is 396 g/mol. The van der Waals surface area contributed by atoms with Crippen LogP contribution in [0.25, 0.3) is 0 Å². The normalized spacial score (nSPS) is 7.20. The van der Waals surface area contributed by atoms with Crippen LogP contribution in [0.4, 0.5) is 0 Å². The molecule has 0 amide bonds. The number of hydrogen-bond acceptors (Lipinski definition) is 0. The van der Waals surface area contributed by atoms with Crippen molar-refractivity contribution < 1.29 is 0 Å². The molecule has 8 heteroatoms. The molecule has 0 saturated carbocycles. The van der Waals surface area contributed by atoms with Crippen LogP contribution in [-0.4, -0.2) is 8.59 Å². The van der Waals surface area contributed by atoms with E-state index < -0.39 is 8.59 Å². The molecule has 0 atom stereocenters. The minimum Gasteiger partial charge on any atom is -0.114 e. The van der Waals surface area contributed by atoms with Crippen LogP contribution >= 0.6 is 104 Å². The van der Waals surface area contributed by atoms with Gasteiger partial charge in [-0.3, -0.25) is 0 Å². The van der Waals surface area contributed by atoms with E-state index in [0.29, 0.717) is 0 Å². The Kier molecular flexibility index (Phi) is 40.6. The second-order valence-corrected chi connectivity index (χ2v) is 4.45. The lowest BCUT2D eigenvalue weighted by molar-refractivity contribution is 1.96. The third kappa shape index (κ3) is 138. The van der Waals surface area contributed by atoms with Crippen LogP contribution in [-0.2, 0) is 0 Å². The van der Waals surface area contributed by atoms with E-state index in [1.807, 2.05) is 0 Å². The van der Waals surface area contributed by atoms with E-state index in [9.17, 15) is 0 Å². The molecule has 0 aliphatic carbocycles. The van der Waals surface area contributed by atoms with Crippen LogP contribution in [0.5, 0.6) is 0 Å². The molecule has 0 spiro atoms. The lowest BCUT2D eigenvalue weighted by Gasteiger charge is -1.69. The molecule has 0 N–H and O–H groups in total. The number of hydrogen-bond donors (Lipinski definition) is 0. The third-order valence-corrected chi connectivity index (χ3v) is 0. The third-order valence-electron chi connectivity index (χ3n) is 0. The van der Waals surface area contributed by atoms with Crippen molar-refractivity contribution >= 4 is 104 Å². The van der Waals surface area contributed by atoms with Crippen LogP contribution in [0.3, 0.4) is 0 Å². The predicted octanol–water partition coefficient (Wildman–Crippen LogP) is 5.13. The first-order chi connectivity index (χ1) is 3.46. The summed E-state index contributed by atoms with van der Waals surface area (Å²) in [4.78, 5) is 0. The van der Waals surface area contributed by atoms with E-state index >= 15 is 0 Å². The Morgan fingerprint density at radius 2 is 0.500 bits per heavy atom. The van der Waals surface area contributed by atoms with Crippen LogP contribution in [0, 0.1) is 0 Å². The Labute approximate surface area is 111 Å². The second-order valence-electron chi connectivity index (χ2n) is 0.495. The maximum absolute atomic E-state index is 4.81. The Balaban J connectivity index is -0.0000000300. The Bertz CT molecular complexity index is 29.2. The average molecular weight is 401 g/mol. The van der Waals surface area contributed by atoms with Gasteiger partial charge >= 0.3 is 0 Å². The van der Waals surface area contributed by atoms with Gasteiger partial charge in [0.2, 0.25) is 0 Å². The van der Waals surface area contributed by atoms with E-state index in [-0.39, 0.29) is 34.0 Å². The Morgan fingerprint density at radius 1 is 0.500 bits per heavy atom. The highest BCUT2D eigenvalue weighted by Crippen LogP contribution is 2.04. The van der Waals surface area contributed by atoms with Gasteiger partial charge in [0.25, 0.3) is 0 Å². The summed E-state index contributed by atoms with van der Waals surface area (Å²) in [7, 11) is 0. The first-order valence-electron chi connectivity index (χ1n) is 1.31. The summed E-state index contributed by atoms with van der Waals surface area (Å²) in [5.74, 6) is 0. The second kappa shape index (κ2) is 17.7. The van der Waals surface area contributed by atoms with Crippen LogP contribution in [0.1, 0.15) is 0 Å². The summed E-state index contributed by atoms with van der Waals surface area (Å²) in [5, 5.41) is 0. The summed E-state index contributed by atoms with van der Waals surface area (Å²) in [5.41, 5.74) is 0. The summed E-state index contributed by atoms with van der Waals surface area (Å²) in [6.45, 7) is 0. The van der Waals surface area contributed by atoms with Gasteiger partial charge in [-0.25, -0.2) is 0 Å². The zero-order valence-corrected chi connectivity index (χ0v) is 12.2. The van der Waals surface area contributed by atoms with Crippen molar-refractivity contribution in [3.63, 3.8) is 0 Å². The van der Waals surface area contributed by atoms with Gasteiger partial charge in [-0.2, -0.15) is 0 Å². The molecule has 0 fully saturated rings. The van der Waals surface area contributed by atoms with Gasteiger partial charge in [-0.05, 0) is 0 Å². The molecule has 0 aromatic rings. The molecule has 0 heterocycles. The number of halogens is 8. The zero-order chi connectivity index (χ0) is 7.15. The zero-order valence-electron chi connectivity index (χ0n) is 4.24. The predicted molar refractivity (Wildman–Crippen MR) is 63.3 cm³/mol. The molecule has 68 valence electrons. The van der Waals surface area contributed by atoms with Gasteiger partial charge in [-0.15, -0.1) is 34.0 Å². The smallest absolute Gasteiger partial charge is 0.114 e. The molecule has 10 heavy (non-hydrogen) atoms. The van der Waals surface area contributed by atoms with Gasteiger partial charge < -0.3 is 0 Å². The molecule has 0 radical (unpaired) electrons. The lowest BCUT2D eigenvalue weighted by Crippen LogP contribution is -1.55. The van der Waals surface area contributed by atoms with Gasteiger partial charge in [0.1, 0.15) is 0 Å². The highest BCUT2D eigenvalue weighted by molar-refractivity contribution is 8.93. The van der Waals surface area contributed by atoms with Crippen molar-refractivity contribution in [3.8, 4) is 0 Å². The van der Waals surface area contributed by atoms with Gasteiger partial charge in [-0.1, -0.05) is 69.6 Å². The maximum Gasteiger partial charge on any atom is 0.180 e. The van der Waals surface area contributed by atoms with Crippen molar-refractivity contribution in [2.75, 3.05) is 0 Å². The van der Waals surface area contributed by atoms with E-state index in [2.05, 4.69) is 0 Å². The molecule has 0 saturated heterocycles. The summed E-state index contributed by atoms with van der Waals surface area (Å²) < 4.78 is -1.50. The molecule has 0 bridgehead atoms. The molecular formula is C2H4Br2Cl6. The van der Waals surface area contributed by atoms with Crippen LogP contribution < -0.4 is 0 Å². The van der Waals surface area contributed by atoms with Crippen molar-refractivity contribution in [3.05, 3.63) is 0 Å². The molecule has 0 nitrogen and oxygen atoms in total. The van der Waals surface area contributed by atoms with E-state index in [1.165, 1.54) is 0 Å². The van der Waals surface area contributed by atoms with Crippen molar-refractivity contribution in [2.45, 2.75) is 8.59 Å². The lowest BCUT2D eigenvalue weighted by atomic mass is 11.9. The summed E-state index contributed by atoms with van der Waals surface area (Å²) >= 11 is 28.8. The van der Waals surface area contributed by atoms with Crippen molar-refractivity contribution in [1.29, 1.82) is 0 Å². The van der Waals surface area contributed by atoms with E-state index in [0.717, 1.165) is 0 Å². The van der Waals surface area contributed by atoms with Crippen LogP contribution in [0.15, 0.2) is 0 Å². The quantitative estimate of drug-likeness (QED) is 0.495. The summed E-state index contributed by atoms with van der Waals surface area (Å²) in [6.07, 6.45) is 0. The average Bonchev–Trinajstić information content (AvgIpc) is 1.25. The van der Waals surface area contributed by atoms with Crippen LogP contribution in [0.2, 0.25) is 0 Å². The van der Waals surface area contributed by atoms with Gasteiger partial charge in [0.05, 0.1) is 0 Å². The SMILES string of the molecule is Br.Br.ClC(Cl)Cl.ClC(Cl)Cl. The molecule has 0 aliphatic rings. The highest BCUT2D eigenvalue weighted by Gasteiger charge is 1.79. The van der Waals surface area contributed by atoms with E-state index in [4.69, 9.17) is 69.6 Å². The number of alkyl halides is 6. The van der Waals surface area contributed by atoms with Crippen molar-refractivity contribution in [1.82, 2.24) is 0 Å². The minimum atomic E-state index is -0.750. The maximum atomic E-state index is 4.81. The molecular weight excluding hydrogens is 397 g/mol. The fraction of sp³-hybridized carbons (Fsp3) is 1.00. The highest BCUT2D eigenvalue weighted by atomic mass is 79.9. The molecule has 0 aromatic heterocycles. The molecule has 0 rings (SSSR count). The number of rotatable bonds is 0. The summed E-state index contributed by atoms with van der Waals surface area (Å²) in [6, 6.07) is 0. The fourth-order valence-corrected chi connectivity index (χ4v) is 0. The minimum absolute atomic E-state index is 0. The van der Waals surface area contributed by atoms with E-state index in [1.54, 1.807) is 0 Å². The molecule has 0 unspecified atom stereocenters. The Hall–Kier alpha value is 2.70. The largest absolute Gasteiger partial charge is 0.180 e. The standard InChI is InChI=1S/2CHCl3.2BrH/c2*2-1(3)4;;/h2*1H;2*1H. The Morgan fingerprint density at radius 3 is 0.500 bits per heavy atom. The van der Waals surface area contributed by atoms with Crippen molar-refractivity contribution in [2.24, 2.45) is 0 Å². The van der Waals surface area contributed by atoms with Gasteiger partial charge in [0, 0.05) is 0 Å². The fourth-order valence-electron chi connectivity index (χ4n) is 0. The molecule has 0 aliphatic heterocycles. The van der Waals surface area contributed by atoms with Gasteiger partial charge in [0.15, 0.2) is 8.59 Å². The molecule has 0 aromatic carbocycles.